The first-order valence-electron chi connectivity index (χ1n) is 11.5. The Hall–Kier alpha value is -2.67. The van der Waals surface area contributed by atoms with E-state index in [1.54, 1.807) is 23.0 Å². The molecule has 6 nitrogen and oxygen atoms in total. The number of piperidine rings is 1. The Labute approximate surface area is 192 Å². The molecule has 1 aliphatic heterocycles. The van der Waals surface area contributed by atoms with Crippen LogP contribution in [0.3, 0.4) is 0 Å². The smallest absolute Gasteiger partial charge is 0.262 e. The van der Waals surface area contributed by atoms with Crippen LogP contribution in [0.15, 0.2) is 58.7 Å². The number of carbonyl (C=O) groups excluding carboxylic acids is 1. The molecule has 1 saturated heterocycles. The summed E-state index contributed by atoms with van der Waals surface area (Å²) < 4.78 is 1.68. The third-order valence-corrected chi connectivity index (χ3v) is 7.74. The van der Waals surface area contributed by atoms with Crippen molar-refractivity contribution < 1.29 is 4.79 Å². The number of likely N-dealkylation sites (tertiary alicyclic amines) is 1. The van der Waals surface area contributed by atoms with Crippen molar-refractivity contribution in [1.82, 2.24) is 19.4 Å². The van der Waals surface area contributed by atoms with Gasteiger partial charge in [0.15, 0.2) is 5.16 Å². The first-order valence-corrected chi connectivity index (χ1v) is 12.5. The van der Waals surface area contributed by atoms with E-state index in [0.29, 0.717) is 40.3 Å². The van der Waals surface area contributed by atoms with Gasteiger partial charge in [0.1, 0.15) is 0 Å². The molecule has 1 amide bonds. The topological polar surface area (TPSA) is 68.1 Å². The summed E-state index contributed by atoms with van der Waals surface area (Å²) in [6, 6.07) is 11.6. The molecule has 5 rings (SSSR count). The van der Waals surface area contributed by atoms with Gasteiger partial charge in [0.25, 0.3) is 5.56 Å². The summed E-state index contributed by atoms with van der Waals surface area (Å²) in [6.45, 7) is 1.24. The van der Waals surface area contributed by atoms with Gasteiger partial charge in [0.2, 0.25) is 5.91 Å². The molecule has 0 N–H and O–H groups in total. The molecule has 0 bridgehead atoms. The maximum atomic E-state index is 13.3. The van der Waals surface area contributed by atoms with Crippen molar-refractivity contribution in [2.75, 3.05) is 12.3 Å². The van der Waals surface area contributed by atoms with Gasteiger partial charge < -0.3 is 4.90 Å². The van der Waals surface area contributed by atoms with Gasteiger partial charge in [-0.15, -0.1) is 0 Å². The molecular weight excluding hydrogens is 420 g/mol. The van der Waals surface area contributed by atoms with E-state index >= 15 is 0 Å². The fourth-order valence-electron chi connectivity index (χ4n) is 5.22. The van der Waals surface area contributed by atoms with Gasteiger partial charge >= 0.3 is 0 Å². The molecular formula is C25H28N4O2S. The molecule has 1 saturated carbocycles. The van der Waals surface area contributed by atoms with Gasteiger partial charge in [0.05, 0.1) is 23.2 Å². The van der Waals surface area contributed by atoms with E-state index in [1.807, 2.05) is 30.3 Å². The lowest BCUT2D eigenvalue weighted by Crippen LogP contribution is -2.50. The summed E-state index contributed by atoms with van der Waals surface area (Å²) in [6.07, 6.45) is 10.7. The van der Waals surface area contributed by atoms with Gasteiger partial charge in [-0.1, -0.05) is 42.8 Å². The van der Waals surface area contributed by atoms with E-state index in [1.165, 1.54) is 37.4 Å². The van der Waals surface area contributed by atoms with Crippen LogP contribution in [-0.4, -0.2) is 43.7 Å². The van der Waals surface area contributed by atoms with E-state index in [2.05, 4.69) is 9.88 Å². The first kappa shape index (κ1) is 21.2. The molecule has 2 aromatic heterocycles. The van der Waals surface area contributed by atoms with Crippen molar-refractivity contribution in [1.29, 1.82) is 0 Å². The van der Waals surface area contributed by atoms with E-state index in [9.17, 15) is 9.59 Å². The van der Waals surface area contributed by atoms with E-state index < -0.39 is 0 Å². The fraction of sp³-hybridized carbons (Fsp3) is 0.440. The molecule has 2 atom stereocenters. The van der Waals surface area contributed by atoms with E-state index in [0.717, 1.165) is 24.9 Å². The summed E-state index contributed by atoms with van der Waals surface area (Å²) in [5.74, 6) is 1.14. The Morgan fingerprint density at radius 1 is 1.06 bits per heavy atom. The Morgan fingerprint density at radius 3 is 2.78 bits per heavy atom. The molecule has 2 fully saturated rings. The number of hydrogen-bond acceptors (Lipinski definition) is 5. The number of carbonyl (C=O) groups is 1. The highest BCUT2D eigenvalue weighted by Crippen LogP contribution is 2.35. The van der Waals surface area contributed by atoms with Crippen molar-refractivity contribution >= 4 is 28.6 Å². The van der Waals surface area contributed by atoms with Gasteiger partial charge in [0, 0.05) is 25.0 Å². The molecule has 1 aliphatic carbocycles. The van der Waals surface area contributed by atoms with E-state index in [-0.39, 0.29) is 11.5 Å². The molecule has 0 spiro atoms. The monoisotopic (exact) mass is 448 g/mol. The van der Waals surface area contributed by atoms with Crippen LogP contribution in [0.4, 0.5) is 0 Å². The summed E-state index contributed by atoms with van der Waals surface area (Å²) in [4.78, 5) is 37.6. The second-order valence-electron chi connectivity index (χ2n) is 8.79. The van der Waals surface area contributed by atoms with Crippen LogP contribution in [0.5, 0.6) is 0 Å². The molecule has 0 radical (unpaired) electrons. The molecule has 1 aromatic carbocycles. The van der Waals surface area contributed by atoms with Gasteiger partial charge in [-0.3, -0.25) is 19.1 Å². The van der Waals surface area contributed by atoms with Crippen LogP contribution in [-0.2, 0) is 11.3 Å². The number of amides is 1. The predicted octanol–water partition coefficient (Wildman–Crippen LogP) is 4.11. The lowest BCUT2D eigenvalue weighted by molar-refractivity contribution is -0.134. The quantitative estimate of drug-likeness (QED) is 0.434. The standard InChI is InChI=1S/C25H28N4O2S/c30-23(28-14-6-9-19-8-1-4-12-22(19)28)17-32-25-27-21-11-3-2-10-20(21)24(31)29(25)16-18-7-5-13-26-15-18/h2-3,5,7,10-11,13,15,19,22H,1,4,6,8-9,12,14,16-17H2. The number of hydrogen-bond donors (Lipinski definition) is 0. The number of aromatic nitrogens is 3. The van der Waals surface area contributed by atoms with Crippen LogP contribution in [0, 0.1) is 5.92 Å². The number of rotatable bonds is 5. The summed E-state index contributed by atoms with van der Waals surface area (Å²) >= 11 is 1.38. The lowest BCUT2D eigenvalue weighted by Gasteiger charge is -2.44. The van der Waals surface area contributed by atoms with Crippen molar-refractivity contribution in [2.45, 2.75) is 56.3 Å². The first-order chi connectivity index (χ1) is 15.7. The maximum absolute atomic E-state index is 13.3. The minimum Gasteiger partial charge on any atom is -0.339 e. The molecule has 2 unspecified atom stereocenters. The maximum Gasteiger partial charge on any atom is 0.262 e. The van der Waals surface area contributed by atoms with Crippen molar-refractivity contribution in [3.63, 3.8) is 0 Å². The highest BCUT2D eigenvalue weighted by atomic mass is 32.2. The Kier molecular flexibility index (Phi) is 6.26. The number of pyridine rings is 1. The summed E-state index contributed by atoms with van der Waals surface area (Å²) in [5.41, 5.74) is 1.51. The van der Waals surface area contributed by atoms with Crippen LogP contribution in [0.25, 0.3) is 10.9 Å². The Balaban J connectivity index is 1.41. The zero-order valence-corrected chi connectivity index (χ0v) is 19.0. The Bertz CT molecular complexity index is 1160. The van der Waals surface area contributed by atoms with Crippen molar-refractivity contribution in [2.24, 2.45) is 5.92 Å². The van der Waals surface area contributed by atoms with Crippen LogP contribution in [0.1, 0.15) is 44.1 Å². The average molecular weight is 449 g/mol. The largest absolute Gasteiger partial charge is 0.339 e. The molecule has 166 valence electrons. The second kappa shape index (κ2) is 9.45. The summed E-state index contributed by atoms with van der Waals surface area (Å²) in [5, 5.41) is 1.18. The lowest BCUT2D eigenvalue weighted by atomic mass is 9.78. The van der Waals surface area contributed by atoms with Gasteiger partial charge in [-0.2, -0.15) is 0 Å². The normalized spacial score (nSPS) is 20.8. The summed E-state index contributed by atoms with van der Waals surface area (Å²) in [7, 11) is 0. The highest BCUT2D eigenvalue weighted by molar-refractivity contribution is 7.99. The molecule has 2 aliphatic rings. The predicted molar refractivity (Wildman–Crippen MR) is 127 cm³/mol. The molecule has 3 heterocycles. The highest BCUT2D eigenvalue weighted by Gasteiger charge is 2.35. The van der Waals surface area contributed by atoms with Gasteiger partial charge in [-0.25, -0.2) is 4.98 Å². The SMILES string of the molecule is O=C(CSc1nc2ccccc2c(=O)n1Cc1cccnc1)N1CCCC2CCCCC21. The van der Waals surface area contributed by atoms with Gasteiger partial charge in [-0.05, 0) is 55.4 Å². The Morgan fingerprint density at radius 2 is 1.91 bits per heavy atom. The second-order valence-corrected chi connectivity index (χ2v) is 9.74. The van der Waals surface area contributed by atoms with Crippen molar-refractivity contribution in [3.05, 3.63) is 64.7 Å². The number of thioether (sulfide) groups is 1. The number of fused-ring (bicyclic) bond motifs is 2. The third-order valence-electron chi connectivity index (χ3n) is 6.78. The fourth-order valence-corrected chi connectivity index (χ4v) is 6.10. The van der Waals surface area contributed by atoms with Crippen LogP contribution < -0.4 is 5.56 Å². The van der Waals surface area contributed by atoms with E-state index in [4.69, 9.17) is 4.98 Å². The zero-order valence-electron chi connectivity index (χ0n) is 18.2. The van der Waals surface area contributed by atoms with Crippen molar-refractivity contribution in [3.8, 4) is 0 Å². The van der Waals surface area contributed by atoms with Crippen LogP contribution >= 0.6 is 11.8 Å². The zero-order chi connectivity index (χ0) is 21.9. The number of benzene rings is 1. The average Bonchev–Trinajstić information content (AvgIpc) is 2.85. The third kappa shape index (κ3) is 4.31. The minimum atomic E-state index is -0.0836. The number of para-hydroxylation sites is 1. The van der Waals surface area contributed by atoms with Crippen LogP contribution in [0.2, 0.25) is 0 Å². The molecule has 7 heteroatoms. The molecule has 3 aromatic rings. The minimum absolute atomic E-state index is 0.0836. The number of nitrogens with zero attached hydrogens (tertiary/aromatic N) is 4. The molecule has 32 heavy (non-hydrogen) atoms.